The topological polar surface area (TPSA) is 49.4 Å². The summed E-state index contributed by atoms with van der Waals surface area (Å²) < 4.78 is 39.6. The van der Waals surface area contributed by atoms with Crippen LogP contribution in [-0.4, -0.2) is 37.9 Å². The van der Waals surface area contributed by atoms with Gasteiger partial charge in [0, 0.05) is 25.2 Å². The molecule has 6 heteroatoms. The molecule has 100 valence electrons. The molecule has 1 N–H and O–H groups in total. The van der Waals surface area contributed by atoms with Crippen LogP contribution in [0.1, 0.15) is 13.8 Å². The van der Waals surface area contributed by atoms with Gasteiger partial charge in [0.25, 0.3) is 0 Å². The Kier molecular flexibility index (Phi) is 3.44. The number of nitrogens with zero attached hydrogens (tertiary/aromatic N) is 1. The van der Waals surface area contributed by atoms with Crippen molar-refractivity contribution in [2.45, 2.75) is 24.3 Å². The number of sulfonamides is 1. The molecule has 0 atom stereocenters. The molecule has 0 aromatic heterocycles. The smallest absolute Gasteiger partial charge is 0.243 e. The van der Waals surface area contributed by atoms with Crippen LogP contribution in [-0.2, 0) is 10.0 Å². The van der Waals surface area contributed by atoms with Gasteiger partial charge in [0.05, 0.1) is 4.90 Å². The number of piperazine rings is 1. The lowest BCUT2D eigenvalue weighted by Crippen LogP contribution is -2.59. The van der Waals surface area contributed by atoms with Crippen LogP contribution in [0.3, 0.4) is 0 Å². The molecule has 1 aliphatic heterocycles. The van der Waals surface area contributed by atoms with Crippen molar-refractivity contribution in [2.75, 3.05) is 19.6 Å². The SMILES string of the molecule is CC1(C)CNCCN1S(=O)(=O)c1cccc(F)c1. The van der Waals surface area contributed by atoms with E-state index in [0.717, 1.165) is 6.07 Å². The highest BCUT2D eigenvalue weighted by atomic mass is 32.2. The minimum Gasteiger partial charge on any atom is -0.314 e. The minimum absolute atomic E-state index is 0.0116. The van der Waals surface area contributed by atoms with Gasteiger partial charge in [-0.25, -0.2) is 12.8 Å². The summed E-state index contributed by atoms with van der Waals surface area (Å²) in [4.78, 5) is 0.0116. The molecule has 1 saturated heterocycles. The van der Waals surface area contributed by atoms with Crippen molar-refractivity contribution < 1.29 is 12.8 Å². The van der Waals surface area contributed by atoms with Crippen LogP contribution in [0.4, 0.5) is 4.39 Å². The lowest BCUT2D eigenvalue weighted by molar-refractivity contribution is 0.186. The first-order valence-corrected chi connectivity index (χ1v) is 7.27. The second-order valence-corrected chi connectivity index (χ2v) is 6.89. The van der Waals surface area contributed by atoms with Crippen molar-refractivity contribution in [3.05, 3.63) is 30.1 Å². The molecule has 0 amide bonds. The van der Waals surface area contributed by atoms with E-state index in [-0.39, 0.29) is 4.90 Å². The lowest BCUT2D eigenvalue weighted by atomic mass is 10.0. The van der Waals surface area contributed by atoms with E-state index in [1.165, 1.54) is 22.5 Å². The van der Waals surface area contributed by atoms with Crippen molar-refractivity contribution >= 4 is 10.0 Å². The van der Waals surface area contributed by atoms with Gasteiger partial charge in [-0.1, -0.05) is 6.07 Å². The zero-order valence-electron chi connectivity index (χ0n) is 10.5. The molecule has 4 nitrogen and oxygen atoms in total. The Morgan fingerprint density at radius 2 is 2.11 bits per heavy atom. The van der Waals surface area contributed by atoms with Gasteiger partial charge in [0.1, 0.15) is 5.82 Å². The zero-order chi connectivity index (χ0) is 13.4. The Balaban J connectivity index is 2.42. The molecule has 0 unspecified atom stereocenters. The first-order chi connectivity index (χ1) is 8.34. The summed E-state index contributed by atoms with van der Waals surface area (Å²) in [7, 11) is -3.64. The van der Waals surface area contributed by atoms with Crippen LogP contribution >= 0.6 is 0 Å². The monoisotopic (exact) mass is 272 g/mol. The van der Waals surface area contributed by atoms with E-state index < -0.39 is 21.4 Å². The van der Waals surface area contributed by atoms with E-state index >= 15 is 0 Å². The molecule has 0 bridgehead atoms. The normalized spacial score (nSPS) is 20.8. The molecule has 2 rings (SSSR count). The van der Waals surface area contributed by atoms with Gasteiger partial charge < -0.3 is 5.32 Å². The number of hydrogen-bond donors (Lipinski definition) is 1. The fourth-order valence-corrected chi connectivity index (χ4v) is 3.98. The van der Waals surface area contributed by atoms with Crippen molar-refractivity contribution in [1.29, 1.82) is 0 Å². The number of rotatable bonds is 2. The Labute approximate surface area is 107 Å². The van der Waals surface area contributed by atoms with Gasteiger partial charge in [-0.05, 0) is 32.0 Å². The van der Waals surface area contributed by atoms with Crippen LogP contribution in [0.5, 0.6) is 0 Å². The third-order valence-electron chi connectivity index (χ3n) is 3.11. The standard InChI is InChI=1S/C12H17FN2O2S/c1-12(2)9-14-6-7-15(12)18(16,17)11-5-3-4-10(13)8-11/h3-5,8,14H,6-7,9H2,1-2H3. The Bertz CT molecular complexity index is 543. The Morgan fingerprint density at radius 3 is 2.72 bits per heavy atom. The molecule has 1 fully saturated rings. The molecule has 0 radical (unpaired) electrons. The third kappa shape index (κ3) is 2.41. The quantitative estimate of drug-likeness (QED) is 0.880. The van der Waals surface area contributed by atoms with Crippen LogP contribution in [0.2, 0.25) is 0 Å². The summed E-state index contributed by atoms with van der Waals surface area (Å²) in [6.45, 7) is 5.30. The number of hydrogen-bond acceptors (Lipinski definition) is 3. The lowest BCUT2D eigenvalue weighted by Gasteiger charge is -2.41. The van der Waals surface area contributed by atoms with Crippen LogP contribution in [0.25, 0.3) is 0 Å². The highest BCUT2D eigenvalue weighted by molar-refractivity contribution is 7.89. The second kappa shape index (κ2) is 4.60. The van der Waals surface area contributed by atoms with E-state index in [1.807, 2.05) is 13.8 Å². The average molecular weight is 272 g/mol. The molecule has 18 heavy (non-hydrogen) atoms. The van der Waals surface area contributed by atoms with Crippen molar-refractivity contribution in [3.8, 4) is 0 Å². The second-order valence-electron chi connectivity index (χ2n) is 5.02. The number of benzene rings is 1. The summed E-state index contributed by atoms with van der Waals surface area (Å²) in [5.74, 6) is -0.538. The summed E-state index contributed by atoms with van der Waals surface area (Å²) >= 11 is 0. The highest BCUT2D eigenvalue weighted by Crippen LogP contribution is 2.26. The molecule has 1 heterocycles. The Morgan fingerprint density at radius 1 is 1.39 bits per heavy atom. The highest BCUT2D eigenvalue weighted by Gasteiger charge is 2.38. The molecule has 0 spiro atoms. The summed E-state index contributed by atoms with van der Waals surface area (Å²) in [5.41, 5.74) is -0.511. The maximum absolute atomic E-state index is 13.2. The van der Waals surface area contributed by atoms with Crippen molar-refractivity contribution in [2.24, 2.45) is 0 Å². The molecule has 1 aromatic carbocycles. The van der Waals surface area contributed by atoms with Crippen molar-refractivity contribution in [1.82, 2.24) is 9.62 Å². The van der Waals surface area contributed by atoms with E-state index in [1.54, 1.807) is 0 Å². The van der Waals surface area contributed by atoms with Gasteiger partial charge in [0.2, 0.25) is 10.0 Å². The van der Waals surface area contributed by atoms with Gasteiger partial charge in [-0.3, -0.25) is 0 Å². The molecule has 1 aromatic rings. The number of nitrogens with one attached hydrogen (secondary N) is 1. The maximum Gasteiger partial charge on any atom is 0.243 e. The summed E-state index contributed by atoms with van der Waals surface area (Å²) in [6.07, 6.45) is 0. The third-order valence-corrected chi connectivity index (χ3v) is 5.22. The molecular weight excluding hydrogens is 255 g/mol. The van der Waals surface area contributed by atoms with E-state index in [2.05, 4.69) is 5.32 Å². The largest absolute Gasteiger partial charge is 0.314 e. The molecule has 1 aliphatic rings. The van der Waals surface area contributed by atoms with Gasteiger partial charge in [-0.2, -0.15) is 4.31 Å². The molecular formula is C12H17FN2O2S. The predicted octanol–water partition coefficient (Wildman–Crippen LogP) is 1.20. The maximum atomic E-state index is 13.2. The average Bonchev–Trinajstić information content (AvgIpc) is 2.28. The van der Waals surface area contributed by atoms with E-state index in [4.69, 9.17) is 0 Å². The fourth-order valence-electron chi connectivity index (χ4n) is 2.17. The van der Waals surface area contributed by atoms with Crippen LogP contribution in [0.15, 0.2) is 29.2 Å². The summed E-state index contributed by atoms with van der Waals surface area (Å²) in [6, 6.07) is 5.14. The van der Waals surface area contributed by atoms with E-state index in [0.29, 0.717) is 19.6 Å². The summed E-state index contributed by atoms with van der Waals surface area (Å²) in [5, 5.41) is 3.16. The van der Waals surface area contributed by atoms with Gasteiger partial charge in [-0.15, -0.1) is 0 Å². The molecule has 0 aliphatic carbocycles. The van der Waals surface area contributed by atoms with Gasteiger partial charge >= 0.3 is 0 Å². The number of halogens is 1. The minimum atomic E-state index is -3.64. The van der Waals surface area contributed by atoms with Crippen molar-refractivity contribution in [3.63, 3.8) is 0 Å². The Hall–Kier alpha value is -0.980. The zero-order valence-corrected chi connectivity index (χ0v) is 11.3. The fraction of sp³-hybridized carbons (Fsp3) is 0.500. The van der Waals surface area contributed by atoms with Crippen LogP contribution < -0.4 is 5.32 Å². The van der Waals surface area contributed by atoms with E-state index in [9.17, 15) is 12.8 Å². The van der Waals surface area contributed by atoms with Gasteiger partial charge in [0.15, 0.2) is 0 Å². The molecule has 0 saturated carbocycles. The first-order valence-electron chi connectivity index (χ1n) is 5.83. The predicted molar refractivity (Wildman–Crippen MR) is 67.2 cm³/mol. The first kappa shape index (κ1) is 13.5. The van der Waals surface area contributed by atoms with Crippen LogP contribution in [0, 0.1) is 5.82 Å².